The van der Waals surface area contributed by atoms with Gasteiger partial charge in [-0.05, 0) is 61.1 Å². The van der Waals surface area contributed by atoms with Crippen LogP contribution in [0.25, 0.3) is 0 Å². The fourth-order valence-corrected chi connectivity index (χ4v) is 2.34. The molecule has 0 aliphatic carbocycles. The molecule has 0 radical (unpaired) electrons. The third-order valence-electron chi connectivity index (χ3n) is 3.66. The Bertz CT molecular complexity index is 570. The molecule has 2 aromatic carbocycles. The van der Waals surface area contributed by atoms with E-state index in [4.69, 9.17) is 0 Å². The summed E-state index contributed by atoms with van der Waals surface area (Å²) in [5.41, 5.74) is 6.77. The van der Waals surface area contributed by atoms with Crippen LogP contribution in [0.3, 0.4) is 0 Å². The van der Waals surface area contributed by atoms with E-state index in [0.29, 0.717) is 0 Å². The molecule has 1 N–H and O–H groups in total. The van der Waals surface area contributed by atoms with E-state index >= 15 is 0 Å². The van der Waals surface area contributed by atoms with Crippen LogP contribution in [-0.2, 0) is 0 Å². The summed E-state index contributed by atoms with van der Waals surface area (Å²) >= 11 is 0. The molecule has 0 aromatic heterocycles. The second kappa shape index (κ2) is 4.95. The maximum Gasteiger partial charge on any atom is 0.105 e. The van der Waals surface area contributed by atoms with Crippen LogP contribution < -0.4 is 0 Å². The van der Waals surface area contributed by atoms with Crippen molar-refractivity contribution in [1.29, 1.82) is 0 Å². The molecule has 1 unspecified atom stereocenters. The van der Waals surface area contributed by atoms with Gasteiger partial charge in [-0.3, -0.25) is 0 Å². The highest BCUT2D eigenvalue weighted by Crippen LogP contribution is 2.28. The van der Waals surface area contributed by atoms with Crippen LogP contribution in [0.15, 0.2) is 36.4 Å². The highest BCUT2D eigenvalue weighted by atomic mass is 16.3. The van der Waals surface area contributed by atoms with Crippen molar-refractivity contribution >= 4 is 0 Å². The predicted molar refractivity (Wildman–Crippen MR) is 75.9 cm³/mol. The number of aliphatic hydroxyl groups is 1. The standard InChI is InChI=1S/C17H20O/c1-11-7-5-6-8-15(11)17(18)16-10-13(3)12(2)9-14(16)4/h5-10,17-18H,1-4H3. The first-order chi connectivity index (χ1) is 8.50. The van der Waals surface area contributed by atoms with Gasteiger partial charge in [-0.15, -0.1) is 0 Å². The first-order valence-electron chi connectivity index (χ1n) is 6.32. The zero-order valence-corrected chi connectivity index (χ0v) is 11.5. The number of benzene rings is 2. The van der Waals surface area contributed by atoms with E-state index in [9.17, 15) is 5.11 Å². The molecule has 18 heavy (non-hydrogen) atoms. The second-order valence-electron chi connectivity index (χ2n) is 5.05. The number of aryl methyl sites for hydroxylation is 4. The highest BCUT2D eigenvalue weighted by molar-refractivity contribution is 5.43. The van der Waals surface area contributed by atoms with E-state index in [2.05, 4.69) is 32.9 Å². The number of aliphatic hydroxyl groups excluding tert-OH is 1. The first kappa shape index (κ1) is 12.8. The van der Waals surface area contributed by atoms with Crippen molar-refractivity contribution in [2.24, 2.45) is 0 Å². The van der Waals surface area contributed by atoms with Gasteiger partial charge in [0.2, 0.25) is 0 Å². The van der Waals surface area contributed by atoms with Gasteiger partial charge in [0.15, 0.2) is 0 Å². The Morgan fingerprint density at radius 3 is 2.00 bits per heavy atom. The summed E-state index contributed by atoms with van der Waals surface area (Å²) in [6.45, 7) is 8.29. The zero-order chi connectivity index (χ0) is 13.3. The van der Waals surface area contributed by atoms with E-state index in [-0.39, 0.29) is 0 Å². The summed E-state index contributed by atoms with van der Waals surface area (Å²) in [6.07, 6.45) is -0.537. The lowest BCUT2D eigenvalue weighted by Crippen LogP contribution is -2.05. The molecule has 0 bridgehead atoms. The van der Waals surface area contributed by atoms with Crippen molar-refractivity contribution in [2.75, 3.05) is 0 Å². The normalized spacial score (nSPS) is 12.5. The Balaban J connectivity index is 2.50. The average molecular weight is 240 g/mol. The van der Waals surface area contributed by atoms with Crippen molar-refractivity contribution in [1.82, 2.24) is 0 Å². The third-order valence-corrected chi connectivity index (χ3v) is 3.66. The Hall–Kier alpha value is -1.60. The molecular weight excluding hydrogens is 220 g/mol. The van der Waals surface area contributed by atoms with Crippen LogP contribution in [0.5, 0.6) is 0 Å². The molecular formula is C17H20O. The molecule has 0 aliphatic rings. The van der Waals surface area contributed by atoms with E-state index < -0.39 is 6.10 Å². The van der Waals surface area contributed by atoms with E-state index in [0.717, 1.165) is 22.3 Å². The van der Waals surface area contributed by atoms with Gasteiger partial charge in [-0.1, -0.05) is 36.4 Å². The highest BCUT2D eigenvalue weighted by Gasteiger charge is 2.15. The van der Waals surface area contributed by atoms with Crippen LogP contribution in [0, 0.1) is 27.7 Å². The molecule has 1 heteroatoms. The van der Waals surface area contributed by atoms with Crippen molar-refractivity contribution < 1.29 is 5.11 Å². The SMILES string of the molecule is Cc1cc(C)c(C(O)c2ccccc2C)cc1C. The van der Waals surface area contributed by atoms with Crippen molar-refractivity contribution in [2.45, 2.75) is 33.8 Å². The molecule has 1 atom stereocenters. The van der Waals surface area contributed by atoms with Crippen LogP contribution in [-0.4, -0.2) is 5.11 Å². The predicted octanol–water partition coefficient (Wildman–Crippen LogP) is 4.00. The molecule has 94 valence electrons. The Kier molecular flexibility index (Phi) is 3.53. The first-order valence-corrected chi connectivity index (χ1v) is 6.32. The molecule has 0 saturated carbocycles. The summed E-state index contributed by atoms with van der Waals surface area (Å²) in [4.78, 5) is 0. The Morgan fingerprint density at radius 1 is 0.722 bits per heavy atom. The maximum atomic E-state index is 10.6. The van der Waals surface area contributed by atoms with Crippen molar-refractivity contribution in [3.8, 4) is 0 Å². The molecule has 2 aromatic rings. The summed E-state index contributed by atoms with van der Waals surface area (Å²) < 4.78 is 0. The van der Waals surface area contributed by atoms with Crippen LogP contribution in [0.2, 0.25) is 0 Å². The van der Waals surface area contributed by atoms with Crippen LogP contribution >= 0.6 is 0 Å². The minimum Gasteiger partial charge on any atom is -0.384 e. The van der Waals surface area contributed by atoms with Gasteiger partial charge in [0.1, 0.15) is 6.10 Å². The summed E-state index contributed by atoms with van der Waals surface area (Å²) in [6, 6.07) is 12.2. The average Bonchev–Trinajstić information content (AvgIpc) is 2.33. The maximum absolute atomic E-state index is 10.6. The summed E-state index contributed by atoms with van der Waals surface area (Å²) in [5.74, 6) is 0. The summed E-state index contributed by atoms with van der Waals surface area (Å²) in [5, 5.41) is 10.6. The molecule has 0 amide bonds. The second-order valence-corrected chi connectivity index (χ2v) is 5.05. The third kappa shape index (κ3) is 2.32. The number of hydrogen-bond acceptors (Lipinski definition) is 1. The van der Waals surface area contributed by atoms with Gasteiger partial charge in [-0.2, -0.15) is 0 Å². The van der Waals surface area contributed by atoms with Crippen molar-refractivity contribution in [3.63, 3.8) is 0 Å². The summed E-state index contributed by atoms with van der Waals surface area (Å²) in [7, 11) is 0. The van der Waals surface area contributed by atoms with E-state index in [1.807, 2.05) is 31.2 Å². The van der Waals surface area contributed by atoms with E-state index in [1.165, 1.54) is 11.1 Å². The smallest absolute Gasteiger partial charge is 0.105 e. The lowest BCUT2D eigenvalue weighted by molar-refractivity contribution is 0.218. The quantitative estimate of drug-likeness (QED) is 0.841. The fourth-order valence-electron chi connectivity index (χ4n) is 2.34. The molecule has 0 saturated heterocycles. The topological polar surface area (TPSA) is 20.2 Å². The van der Waals surface area contributed by atoms with Crippen LogP contribution in [0.1, 0.15) is 39.5 Å². The van der Waals surface area contributed by atoms with Gasteiger partial charge in [0.05, 0.1) is 0 Å². The zero-order valence-electron chi connectivity index (χ0n) is 11.5. The number of hydrogen-bond donors (Lipinski definition) is 1. The molecule has 0 spiro atoms. The van der Waals surface area contributed by atoms with E-state index in [1.54, 1.807) is 0 Å². The molecule has 0 fully saturated rings. The molecule has 2 rings (SSSR count). The van der Waals surface area contributed by atoms with Gasteiger partial charge >= 0.3 is 0 Å². The van der Waals surface area contributed by atoms with Gasteiger partial charge in [0.25, 0.3) is 0 Å². The fraction of sp³-hybridized carbons (Fsp3) is 0.294. The monoisotopic (exact) mass is 240 g/mol. The minimum absolute atomic E-state index is 0.537. The van der Waals surface area contributed by atoms with Crippen molar-refractivity contribution in [3.05, 3.63) is 69.8 Å². The van der Waals surface area contributed by atoms with Crippen LogP contribution in [0.4, 0.5) is 0 Å². The minimum atomic E-state index is -0.537. The molecule has 1 nitrogen and oxygen atoms in total. The van der Waals surface area contributed by atoms with Gasteiger partial charge in [-0.25, -0.2) is 0 Å². The Labute approximate surface area is 109 Å². The Morgan fingerprint density at radius 2 is 1.33 bits per heavy atom. The lowest BCUT2D eigenvalue weighted by atomic mass is 9.92. The molecule has 0 heterocycles. The molecule has 0 aliphatic heterocycles. The van der Waals surface area contributed by atoms with Gasteiger partial charge in [0, 0.05) is 0 Å². The number of rotatable bonds is 2. The lowest BCUT2D eigenvalue weighted by Gasteiger charge is -2.18. The largest absolute Gasteiger partial charge is 0.384 e. The van der Waals surface area contributed by atoms with Gasteiger partial charge < -0.3 is 5.11 Å².